The van der Waals surface area contributed by atoms with Crippen LogP contribution in [-0.2, 0) is 6.42 Å². The van der Waals surface area contributed by atoms with Gasteiger partial charge in [0, 0.05) is 24.6 Å². The van der Waals surface area contributed by atoms with Crippen molar-refractivity contribution in [2.45, 2.75) is 12.8 Å². The van der Waals surface area contributed by atoms with Gasteiger partial charge < -0.3 is 5.32 Å². The summed E-state index contributed by atoms with van der Waals surface area (Å²) >= 11 is 0. The van der Waals surface area contributed by atoms with Gasteiger partial charge in [0.25, 0.3) is 0 Å². The standard InChI is InChI=1S/C16H15N3/c1-4-15(19-10-9-18-16(19)5-1)13-6-7-14-12(11-13)3-2-8-17-14/h1,4-7,9-11,17H,2-3,8H2. The van der Waals surface area contributed by atoms with E-state index in [0.717, 1.165) is 18.6 Å². The Kier molecular flexibility index (Phi) is 2.30. The smallest absolute Gasteiger partial charge is 0.137 e. The summed E-state index contributed by atoms with van der Waals surface area (Å²) in [6.07, 6.45) is 6.24. The first-order chi connectivity index (χ1) is 9.42. The van der Waals surface area contributed by atoms with Gasteiger partial charge in [-0.15, -0.1) is 0 Å². The molecule has 3 heterocycles. The van der Waals surface area contributed by atoms with Crippen molar-refractivity contribution in [3.8, 4) is 11.3 Å². The number of rotatable bonds is 1. The molecule has 0 amide bonds. The first-order valence-electron chi connectivity index (χ1n) is 6.71. The molecule has 0 saturated heterocycles. The maximum Gasteiger partial charge on any atom is 0.137 e. The molecule has 0 aliphatic carbocycles. The van der Waals surface area contributed by atoms with Gasteiger partial charge in [-0.05, 0) is 48.2 Å². The van der Waals surface area contributed by atoms with Crippen molar-refractivity contribution >= 4 is 11.3 Å². The topological polar surface area (TPSA) is 29.3 Å². The molecular weight excluding hydrogens is 234 g/mol. The number of nitrogens with one attached hydrogen (secondary N) is 1. The van der Waals surface area contributed by atoms with E-state index in [4.69, 9.17) is 0 Å². The van der Waals surface area contributed by atoms with Gasteiger partial charge in [0.2, 0.25) is 0 Å². The summed E-state index contributed by atoms with van der Waals surface area (Å²) in [4.78, 5) is 4.34. The summed E-state index contributed by atoms with van der Waals surface area (Å²) < 4.78 is 2.14. The van der Waals surface area contributed by atoms with Crippen LogP contribution >= 0.6 is 0 Å². The van der Waals surface area contributed by atoms with E-state index in [2.05, 4.69) is 45.0 Å². The largest absolute Gasteiger partial charge is 0.385 e. The Hall–Kier alpha value is -2.29. The molecule has 3 nitrogen and oxygen atoms in total. The predicted octanol–water partition coefficient (Wildman–Crippen LogP) is 3.36. The summed E-state index contributed by atoms with van der Waals surface area (Å²) in [5.74, 6) is 0. The lowest BCUT2D eigenvalue weighted by Gasteiger charge is -2.19. The first kappa shape index (κ1) is 10.6. The Morgan fingerprint density at radius 3 is 3.16 bits per heavy atom. The zero-order valence-electron chi connectivity index (χ0n) is 10.6. The highest BCUT2D eigenvalue weighted by atomic mass is 15.0. The summed E-state index contributed by atoms with van der Waals surface area (Å²) in [6, 6.07) is 12.9. The molecule has 19 heavy (non-hydrogen) atoms. The molecule has 1 aliphatic rings. The fraction of sp³-hybridized carbons (Fsp3) is 0.188. The molecule has 1 N–H and O–H groups in total. The lowest BCUT2D eigenvalue weighted by atomic mass is 9.99. The number of pyridine rings is 1. The lowest BCUT2D eigenvalue weighted by molar-refractivity contribution is 0.830. The highest BCUT2D eigenvalue weighted by Gasteiger charge is 2.10. The maximum absolute atomic E-state index is 4.34. The SMILES string of the molecule is c1cc(-c2ccc3c(c2)CCCN3)n2ccnc2c1. The molecule has 2 aromatic heterocycles. The van der Waals surface area contributed by atoms with Crippen molar-refractivity contribution in [1.29, 1.82) is 0 Å². The fourth-order valence-electron chi connectivity index (χ4n) is 2.82. The first-order valence-corrected chi connectivity index (χ1v) is 6.71. The Balaban J connectivity index is 1.90. The van der Waals surface area contributed by atoms with Gasteiger partial charge in [-0.25, -0.2) is 4.98 Å². The van der Waals surface area contributed by atoms with Crippen LogP contribution in [0, 0.1) is 0 Å². The van der Waals surface area contributed by atoms with E-state index in [0.29, 0.717) is 0 Å². The molecule has 0 spiro atoms. The van der Waals surface area contributed by atoms with Crippen molar-refractivity contribution < 1.29 is 0 Å². The average Bonchev–Trinajstić information content (AvgIpc) is 2.95. The molecule has 0 fully saturated rings. The third-order valence-electron chi connectivity index (χ3n) is 3.77. The van der Waals surface area contributed by atoms with Crippen molar-refractivity contribution in [1.82, 2.24) is 9.38 Å². The number of hydrogen-bond donors (Lipinski definition) is 1. The van der Waals surface area contributed by atoms with E-state index in [1.807, 2.05) is 18.5 Å². The molecular formula is C16H15N3. The number of fused-ring (bicyclic) bond motifs is 2. The molecule has 0 atom stereocenters. The molecule has 1 aliphatic heterocycles. The Bertz CT molecular complexity index is 743. The summed E-state index contributed by atoms with van der Waals surface area (Å²) in [5, 5.41) is 3.45. The van der Waals surface area contributed by atoms with Gasteiger partial charge in [0.1, 0.15) is 5.65 Å². The molecule has 0 unspecified atom stereocenters. The summed E-state index contributed by atoms with van der Waals surface area (Å²) in [6.45, 7) is 1.09. The van der Waals surface area contributed by atoms with Gasteiger partial charge in [-0.1, -0.05) is 12.1 Å². The second-order valence-electron chi connectivity index (χ2n) is 4.97. The second-order valence-corrected chi connectivity index (χ2v) is 4.97. The van der Waals surface area contributed by atoms with Crippen molar-refractivity contribution in [3.63, 3.8) is 0 Å². The van der Waals surface area contributed by atoms with Gasteiger partial charge in [-0.3, -0.25) is 4.40 Å². The quantitative estimate of drug-likeness (QED) is 0.716. The van der Waals surface area contributed by atoms with Crippen LogP contribution < -0.4 is 5.32 Å². The van der Waals surface area contributed by atoms with Crippen LogP contribution in [0.15, 0.2) is 48.8 Å². The number of aromatic nitrogens is 2. The molecule has 0 saturated carbocycles. The van der Waals surface area contributed by atoms with Crippen LogP contribution in [0.3, 0.4) is 0 Å². The minimum absolute atomic E-state index is 0.994. The molecule has 0 bridgehead atoms. The highest BCUT2D eigenvalue weighted by Crippen LogP contribution is 2.28. The van der Waals surface area contributed by atoms with Crippen LogP contribution in [-0.4, -0.2) is 15.9 Å². The minimum Gasteiger partial charge on any atom is -0.385 e. The number of hydrogen-bond acceptors (Lipinski definition) is 2. The normalized spacial score (nSPS) is 14.1. The highest BCUT2D eigenvalue weighted by molar-refractivity contribution is 5.69. The van der Waals surface area contributed by atoms with Crippen molar-refractivity contribution in [3.05, 3.63) is 54.4 Å². The Morgan fingerprint density at radius 2 is 2.16 bits per heavy atom. The zero-order valence-corrected chi connectivity index (χ0v) is 10.6. The molecule has 94 valence electrons. The van der Waals surface area contributed by atoms with Gasteiger partial charge in [-0.2, -0.15) is 0 Å². The molecule has 4 rings (SSSR count). The van der Waals surface area contributed by atoms with E-state index in [1.54, 1.807) is 0 Å². The van der Waals surface area contributed by atoms with Crippen LogP contribution in [0.4, 0.5) is 5.69 Å². The van der Waals surface area contributed by atoms with Crippen LogP contribution in [0.25, 0.3) is 16.9 Å². The summed E-state index contributed by atoms with van der Waals surface area (Å²) in [5.41, 5.74) is 6.15. The molecule has 1 aromatic carbocycles. The molecule has 0 radical (unpaired) electrons. The van der Waals surface area contributed by atoms with Gasteiger partial charge in [0.15, 0.2) is 0 Å². The van der Waals surface area contributed by atoms with Crippen LogP contribution in [0.2, 0.25) is 0 Å². The Morgan fingerprint density at radius 1 is 1.16 bits per heavy atom. The number of imidazole rings is 1. The van der Waals surface area contributed by atoms with E-state index in [9.17, 15) is 0 Å². The minimum atomic E-state index is 0.994. The number of anilines is 1. The third kappa shape index (κ3) is 1.70. The molecule has 3 aromatic rings. The van der Waals surface area contributed by atoms with Crippen molar-refractivity contribution in [2.75, 3.05) is 11.9 Å². The predicted molar refractivity (Wildman–Crippen MR) is 77.4 cm³/mol. The van der Waals surface area contributed by atoms with E-state index >= 15 is 0 Å². The Labute approximate surface area is 111 Å². The van der Waals surface area contributed by atoms with E-state index < -0.39 is 0 Å². The van der Waals surface area contributed by atoms with E-state index in [-0.39, 0.29) is 0 Å². The van der Waals surface area contributed by atoms with Crippen LogP contribution in [0.1, 0.15) is 12.0 Å². The average molecular weight is 249 g/mol. The van der Waals surface area contributed by atoms with Crippen molar-refractivity contribution in [2.24, 2.45) is 0 Å². The lowest BCUT2D eigenvalue weighted by Crippen LogP contribution is -2.11. The van der Waals surface area contributed by atoms with Gasteiger partial charge in [0.05, 0.1) is 5.69 Å². The zero-order chi connectivity index (χ0) is 12.7. The molecule has 3 heteroatoms. The number of nitrogens with zero attached hydrogens (tertiary/aromatic N) is 2. The monoisotopic (exact) mass is 249 g/mol. The van der Waals surface area contributed by atoms with Crippen LogP contribution in [0.5, 0.6) is 0 Å². The fourth-order valence-corrected chi connectivity index (χ4v) is 2.82. The van der Waals surface area contributed by atoms with Gasteiger partial charge >= 0.3 is 0 Å². The number of aryl methyl sites for hydroxylation is 1. The maximum atomic E-state index is 4.34. The second kappa shape index (κ2) is 4.12. The summed E-state index contributed by atoms with van der Waals surface area (Å²) in [7, 11) is 0. The van der Waals surface area contributed by atoms with E-state index in [1.165, 1.54) is 28.9 Å². The number of benzene rings is 1. The third-order valence-corrected chi connectivity index (χ3v) is 3.77.